The summed E-state index contributed by atoms with van der Waals surface area (Å²) in [6.45, 7) is 5.88. The van der Waals surface area contributed by atoms with E-state index in [1.54, 1.807) is 16.4 Å². The van der Waals surface area contributed by atoms with Gasteiger partial charge in [0.05, 0.1) is 6.42 Å². The molecule has 0 radical (unpaired) electrons. The van der Waals surface area contributed by atoms with Crippen LogP contribution in [0.4, 0.5) is 0 Å². The van der Waals surface area contributed by atoms with Crippen LogP contribution in [-0.2, 0) is 27.8 Å². The molecular formula is C22H30N2O3S2. The third-order valence-electron chi connectivity index (χ3n) is 5.51. The summed E-state index contributed by atoms with van der Waals surface area (Å²) in [5.74, 6) is 0.0342. The molecule has 2 aromatic rings. The number of thiophene rings is 1. The number of nitrogens with zero attached hydrogens (tertiary/aromatic N) is 2. The van der Waals surface area contributed by atoms with Crippen LogP contribution in [0, 0.1) is 0 Å². The molecule has 0 spiro atoms. The van der Waals surface area contributed by atoms with Crippen LogP contribution in [0.3, 0.4) is 0 Å². The Morgan fingerprint density at radius 3 is 2.45 bits per heavy atom. The molecule has 0 bridgehead atoms. The van der Waals surface area contributed by atoms with E-state index in [1.165, 1.54) is 11.3 Å². The number of rotatable bonds is 8. The number of piperidine rings is 1. The van der Waals surface area contributed by atoms with Crippen LogP contribution in [0.5, 0.6) is 0 Å². The van der Waals surface area contributed by atoms with Crippen LogP contribution in [0.2, 0.25) is 0 Å². The van der Waals surface area contributed by atoms with E-state index in [2.05, 4.69) is 13.8 Å². The summed E-state index contributed by atoms with van der Waals surface area (Å²) in [5, 5.41) is 0. The maximum atomic E-state index is 13.1. The first kappa shape index (κ1) is 22.0. The zero-order valence-electron chi connectivity index (χ0n) is 17.2. The van der Waals surface area contributed by atoms with Gasteiger partial charge in [0.25, 0.3) is 10.0 Å². The lowest BCUT2D eigenvalue weighted by molar-refractivity contribution is -0.133. The van der Waals surface area contributed by atoms with Gasteiger partial charge in [-0.2, -0.15) is 4.31 Å². The predicted molar refractivity (Wildman–Crippen MR) is 117 cm³/mol. The second-order valence-corrected chi connectivity index (χ2v) is 11.0. The van der Waals surface area contributed by atoms with E-state index in [0.29, 0.717) is 23.8 Å². The van der Waals surface area contributed by atoms with Crippen LogP contribution < -0.4 is 0 Å². The molecule has 1 aromatic heterocycles. The summed E-state index contributed by atoms with van der Waals surface area (Å²) in [6.07, 6.45) is 4.02. The molecule has 29 heavy (non-hydrogen) atoms. The summed E-state index contributed by atoms with van der Waals surface area (Å²) in [4.78, 5) is 15.7. The second-order valence-electron chi connectivity index (χ2n) is 7.63. The Balaban J connectivity index is 1.71. The third-order valence-corrected chi connectivity index (χ3v) is 8.96. The normalized spacial score (nSPS) is 16.5. The quantitative estimate of drug-likeness (QED) is 0.623. The largest absolute Gasteiger partial charge is 0.335 e. The molecule has 158 valence electrons. The van der Waals surface area contributed by atoms with Crippen molar-refractivity contribution in [3.05, 3.63) is 52.9 Å². The molecule has 1 unspecified atom stereocenters. The summed E-state index contributed by atoms with van der Waals surface area (Å²) in [5.41, 5.74) is 1.10. The van der Waals surface area contributed by atoms with Crippen molar-refractivity contribution in [1.82, 2.24) is 9.21 Å². The van der Waals surface area contributed by atoms with Gasteiger partial charge in [0.2, 0.25) is 5.91 Å². The van der Waals surface area contributed by atoms with E-state index >= 15 is 0 Å². The van der Waals surface area contributed by atoms with Gasteiger partial charge in [0.1, 0.15) is 4.21 Å². The molecule has 1 saturated heterocycles. The second kappa shape index (κ2) is 9.87. The molecule has 0 aliphatic carbocycles. The van der Waals surface area contributed by atoms with Crippen molar-refractivity contribution >= 4 is 27.3 Å². The Morgan fingerprint density at radius 1 is 1.10 bits per heavy atom. The summed E-state index contributed by atoms with van der Waals surface area (Å²) in [6, 6.07) is 13.5. The van der Waals surface area contributed by atoms with Crippen LogP contribution in [0.1, 0.15) is 50.0 Å². The molecule has 1 amide bonds. The molecule has 1 atom stereocenters. The monoisotopic (exact) mass is 434 g/mol. The summed E-state index contributed by atoms with van der Waals surface area (Å²) in [7, 11) is -3.44. The van der Waals surface area contributed by atoms with Gasteiger partial charge in [-0.05, 0) is 43.9 Å². The molecular weight excluding hydrogens is 404 g/mol. The van der Waals surface area contributed by atoms with Crippen LogP contribution >= 0.6 is 11.3 Å². The summed E-state index contributed by atoms with van der Waals surface area (Å²) >= 11 is 1.23. The van der Waals surface area contributed by atoms with Crippen molar-refractivity contribution in [3.8, 4) is 0 Å². The van der Waals surface area contributed by atoms with Gasteiger partial charge >= 0.3 is 0 Å². The maximum absolute atomic E-state index is 13.1. The highest BCUT2D eigenvalue weighted by atomic mass is 32.2. The van der Waals surface area contributed by atoms with Gasteiger partial charge in [0.15, 0.2) is 0 Å². The highest BCUT2D eigenvalue weighted by Crippen LogP contribution is 2.28. The fraction of sp³-hybridized carbons (Fsp3) is 0.500. The Hall–Kier alpha value is -1.70. The molecule has 1 aromatic carbocycles. The lowest BCUT2D eigenvalue weighted by atomic mass is 10.1. The van der Waals surface area contributed by atoms with Crippen molar-refractivity contribution in [1.29, 1.82) is 0 Å². The van der Waals surface area contributed by atoms with E-state index in [-0.39, 0.29) is 18.4 Å². The number of carbonyl (C=O) groups excluding carboxylic acids is 1. The number of hydrogen-bond acceptors (Lipinski definition) is 4. The fourth-order valence-electron chi connectivity index (χ4n) is 3.57. The molecule has 7 heteroatoms. The van der Waals surface area contributed by atoms with Gasteiger partial charge in [-0.1, -0.05) is 43.7 Å². The van der Waals surface area contributed by atoms with Gasteiger partial charge < -0.3 is 4.90 Å². The van der Waals surface area contributed by atoms with E-state index in [4.69, 9.17) is 0 Å². The van der Waals surface area contributed by atoms with E-state index in [1.807, 2.05) is 35.2 Å². The predicted octanol–water partition coefficient (Wildman–Crippen LogP) is 4.29. The molecule has 3 rings (SSSR count). The Bertz CT molecular complexity index is 903. The molecule has 2 heterocycles. The molecule has 0 N–H and O–H groups in total. The Morgan fingerprint density at radius 2 is 1.79 bits per heavy atom. The average molecular weight is 435 g/mol. The Labute approximate surface area is 178 Å². The number of carbonyl (C=O) groups is 1. The van der Waals surface area contributed by atoms with Crippen LogP contribution in [-0.4, -0.2) is 42.7 Å². The van der Waals surface area contributed by atoms with Crippen molar-refractivity contribution in [2.75, 3.05) is 13.1 Å². The minimum atomic E-state index is -3.44. The SMILES string of the molecule is CCC(C)N(Cc1ccccc1)C(=O)Cc1ccc(S(=O)(=O)N2CCCCC2)s1. The highest BCUT2D eigenvalue weighted by molar-refractivity contribution is 7.91. The zero-order chi connectivity index (χ0) is 20.9. The molecule has 1 fully saturated rings. The minimum Gasteiger partial charge on any atom is -0.335 e. The lowest BCUT2D eigenvalue weighted by Gasteiger charge is -2.29. The zero-order valence-corrected chi connectivity index (χ0v) is 18.8. The minimum absolute atomic E-state index is 0.0342. The Kier molecular flexibility index (Phi) is 7.49. The van der Waals surface area contributed by atoms with Crippen molar-refractivity contribution in [2.24, 2.45) is 0 Å². The maximum Gasteiger partial charge on any atom is 0.252 e. The van der Waals surface area contributed by atoms with E-state index in [9.17, 15) is 13.2 Å². The molecule has 5 nitrogen and oxygen atoms in total. The number of benzene rings is 1. The fourth-order valence-corrected chi connectivity index (χ4v) is 6.58. The molecule has 0 saturated carbocycles. The molecule has 1 aliphatic rings. The average Bonchev–Trinajstić information content (AvgIpc) is 3.22. The van der Waals surface area contributed by atoms with Crippen LogP contribution in [0.25, 0.3) is 0 Å². The lowest BCUT2D eigenvalue weighted by Crippen LogP contribution is -2.38. The number of sulfonamides is 1. The molecule has 1 aliphatic heterocycles. The first-order chi connectivity index (χ1) is 13.9. The van der Waals surface area contributed by atoms with Gasteiger partial charge in [-0.25, -0.2) is 8.42 Å². The van der Waals surface area contributed by atoms with E-state index in [0.717, 1.165) is 36.1 Å². The third kappa shape index (κ3) is 5.47. The summed E-state index contributed by atoms with van der Waals surface area (Å²) < 4.78 is 27.6. The van der Waals surface area contributed by atoms with Gasteiger partial charge in [-0.15, -0.1) is 11.3 Å². The van der Waals surface area contributed by atoms with Crippen molar-refractivity contribution < 1.29 is 13.2 Å². The highest BCUT2D eigenvalue weighted by Gasteiger charge is 2.28. The smallest absolute Gasteiger partial charge is 0.252 e. The standard InChI is InChI=1S/C22H30N2O3S2/c1-3-18(2)24(17-19-10-6-4-7-11-19)21(25)16-20-12-13-22(28-20)29(26,27)23-14-8-5-9-15-23/h4,6-7,10-13,18H,3,5,8-9,14-17H2,1-2H3. The van der Waals surface area contributed by atoms with Crippen molar-refractivity contribution in [3.63, 3.8) is 0 Å². The van der Waals surface area contributed by atoms with Gasteiger partial charge in [-0.3, -0.25) is 4.79 Å². The van der Waals surface area contributed by atoms with Gasteiger partial charge in [0, 0.05) is 30.6 Å². The van der Waals surface area contributed by atoms with E-state index < -0.39 is 10.0 Å². The number of amides is 1. The first-order valence-electron chi connectivity index (χ1n) is 10.3. The first-order valence-corrected chi connectivity index (χ1v) is 12.6. The topological polar surface area (TPSA) is 57.7 Å². The van der Waals surface area contributed by atoms with Crippen LogP contribution in [0.15, 0.2) is 46.7 Å². The number of hydrogen-bond donors (Lipinski definition) is 0. The van der Waals surface area contributed by atoms with Crippen molar-refractivity contribution in [2.45, 2.75) is 62.7 Å².